The standard InChI is InChI=1S/C19H14N2O6/c1-25-14-5-3-2-4-11(14)8-13-17(22)20-19(24)21(18(13)23)12-6-7-15-16(9-12)27-10-26-15/h2-9H,10H2,1H3,(H,20,22,24). The Morgan fingerprint density at radius 3 is 2.67 bits per heavy atom. The summed E-state index contributed by atoms with van der Waals surface area (Å²) >= 11 is 0. The lowest BCUT2D eigenvalue weighted by atomic mass is 10.1. The third-order valence-corrected chi connectivity index (χ3v) is 4.15. The number of rotatable bonds is 3. The molecule has 0 spiro atoms. The molecule has 1 fully saturated rings. The first-order chi connectivity index (χ1) is 13.1. The zero-order valence-electron chi connectivity index (χ0n) is 14.2. The molecular weight excluding hydrogens is 352 g/mol. The van der Waals surface area contributed by atoms with Gasteiger partial charge in [-0.3, -0.25) is 14.9 Å². The highest BCUT2D eigenvalue weighted by Crippen LogP contribution is 2.36. The average Bonchev–Trinajstić information content (AvgIpc) is 3.13. The number of fused-ring (bicyclic) bond motifs is 1. The van der Waals surface area contributed by atoms with E-state index in [9.17, 15) is 14.4 Å². The van der Waals surface area contributed by atoms with Gasteiger partial charge in [-0.2, -0.15) is 0 Å². The first-order valence-electron chi connectivity index (χ1n) is 8.02. The Morgan fingerprint density at radius 2 is 1.85 bits per heavy atom. The van der Waals surface area contributed by atoms with Crippen LogP contribution >= 0.6 is 0 Å². The number of hydrogen-bond acceptors (Lipinski definition) is 6. The van der Waals surface area contributed by atoms with Crippen LogP contribution in [-0.4, -0.2) is 31.7 Å². The van der Waals surface area contributed by atoms with Crippen LogP contribution in [0, 0.1) is 0 Å². The van der Waals surface area contributed by atoms with Crippen molar-refractivity contribution in [3.05, 3.63) is 53.6 Å². The Hall–Kier alpha value is -3.81. The molecule has 0 aromatic heterocycles. The first kappa shape index (κ1) is 16.6. The molecule has 2 heterocycles. The number of methoxy groups -OCH3 is 1. The molecule has 4 rings (SSSR count). The second kappa shape index (κ2) is 6.49. The highest BCUT2D eigenvalue weighted by atomic mass is 16.7. The molecule has 0 radical (unpaired) electrons. The number of nitrogens with one attached hydrogen (secondary N) is 1. The van der Waals surface area contributed by atoms with Gasteiger partial charge in [0.2, 0.25) is 6.79 Å². The lowest BCUT2D eigenvalue weighted by Gasteiger charge is -2.26. The Kier molecular flexibility index (Phi) is 4.00. The van der Waals surface area contributed by atoms with Gasteiger partial charge in [0.25, 0.3) is 11.8 Å². The highest BCUT2D eigenvalue weighted by molar-refractivity contribution is 6.39. The van der Waals surface area contributed by atoms with Crippen LogP contribution < -0.4 is 24.4 Å². The van der Waals surface area contributed by atoms with Crippen molar-refractivity contribution in [3.8, 4) is 17.2 Å². The number of benzene rings is 2. The summed E-state index contributed by atoms with van der Waals surface area (Å²) in [4.78, 5) is 38.3. The fraction of sp³-hybridized carbons (Fsp3) is 0.105. The molecule has 0 unspecified atom stereocenters. The Labute approximate surface area is 153 Å². The Morgan fingerprint density at radius 1 is 1.07 bits per heavy atom. The van der Waals surface area contributed by atoms with Gasteiger partial charge in [-0.1, -0.05) is 18.2 Å². The van der Waals surface area contributed by atoms with Gasteiger partial charge in [-0.15, -0.1) is 0 Å². The van der Waals surface area contributed by atoms with Crippen LogP contribution in [0.3, 0.4) is 0 Å². The Balaban J connectivity index is 1.74. The van der Waals surface area contributed by atoms with Crippen molar-refractivity contribution in [2.75, 3.05) is 18.8 Å². The smallest absolute Gasteiger partial charge is 0.335 e. The normalized spacial score (nSPS) is 17.3. The van der Waals surface area contributed by atoms with E-state index in [0.717, 1.165) is 4.90 Å². The summed E-state index contributed by atoms with van der Waals surface area (Å²) in [6, 6.07) is 10.7. The Bertz CT molecular complexity index is 997. The molecule has 0 aliphatic carbocycles. The average molecular weight is 366 g/mol. The SMILES string of the molecule is COc1ccccc1C=C1C(=O)NC(=O)N(c2ccc3c(c2)OCO3)C1=O. The van der Waals surface area contributed by atoms with E-state index in [1.54, 1.807) is 36.4 Å². The molecule has 0 saturated carbocycles. The van der Waals surface area contributed by atoms with E-state index >= 15 is 0 Å². The van der Waals surface area contributed by atoms with Crippen molar-refractivity contribution in [3.63, 3.8) is 0 Å². The van der Waals surface area contributed by atoms with Gasteiger partial charge in [-0.25, -0.2) is 9.69 Å². The summed E-state index contributed by atoms with van der Waals surface area (Å²) in [5, 5.41) is 2.18. The predicted octanol–water partition coefficient (Wildman–Crippen LogP) is 2.09. The van der Waals surface area contributed by atoms with Crippen molar-refractivity contribution in [1.82, 2.24) is 5.32 Å². The number of para-hydroxylation sites is 1. The second-order valence-electron chi connectivity index (χ2n) is 5.74. The van der Waals surface area contributed by atoms with Gasteiger partial charge >= 0.3 is 6.03 Å². The zero-order valence-corrected chi connectivity index (χ0v) is 14.2. The van der Waals surface area contributed by atoms with Gasteiger partial charge in [0.15, 0.2) is 11.5 Å². The number of barbiturate groups is 1. The zero-order chi connectivity index (χ0) is 19.0. The topological polar surface area (TPSA) is 94.2 Å². The van der Waals surface area contributed by atoms with Crippen molar-refractivity contribution in [2.45, 2.75) is 0 Å². The van der Waals surface area contributed by atoms with E-state index in [2.05, 4.69) is 5.32 Å². The lowest BCUT2D eigenvalue weighted by molar-refractivity contribution is -0.122. The van der Waals surface area contributed by atoms with E-state index in [1.807, 2.05) is 0 Å². The summed E-state index contributed by atoms with van der Waals surface area (Å²) < 4.78 is 15.8. The van der Waals surface area contributed by atoms with Gasteiger partial charge in [0.05, 0.1) is 12.8 Å². The van der Waals surface area contributed by atoms with E-state index in [0.29, 0.717) is 22.8 Å². The number of urea groups is 1. The molecular formula is C19H14N2O6. The molecule has 1 saturated heterocycles. The third-order valence-electron chi connectivity index (χ3n) is 4.15. The molecule has 0 bridgehead atoms. The maximum Gasteiger partial charge on any atom is 0.335 e. The number of imide groups is 2. The monoisotopic (exact) mass is 366 g/mol. The largest absolute Gasteiger partial charge is 0.496 e. The number of amides is 4. The number of ether oxygens (including phenoxy) is 3. The van der Waals surface area contributed by atoms with Crippen molar-refractivity contribution < 1.29 is 28.6 Å². The van der Waals surface area contributed by atoms with Gasteiger partial charge < -0.3 is 14.2 Å². The van der Waals surface area contributed by atoms with Crippen molar-refractivity contribution in [2.24, 2.45) is 0 Å². The third kappa shape index (κ3) is 2.86. The van der Waals surface area contributed by atoms with Crippen LogP contribution in [0.25, 0.3) is 6.08 Å². The van der Waals surface area contributed by atoms with Crippen LogP contribution in [0.15, 0.2) is 48.0 Å². The van der Waals surface area contributed by atoms with Crippen LogP contribution in [-0.2, 0) is 9.59 Å². The van der Waals surface area contributed by atoms with Crippen LogP contribution in [0.2, 0.25) is 0 Å². The summed E-state index contributed by atoms with van der Waals surface area (Å²) in [7, 11) is 1.49. The van der Waals surface area contributed by atoms with E-state index < -0.39 is 17.8 Å². The number of nitrogens with zero attached hydrogens (tertiary/aromatic N) is 1. The molecule has 136 valence electrons. The second-order valence-corrected chi connectivity index (χ2v) is 5.74. The minimum absolute atomic E-state index is 0.0658. The minimum Gasteiger partial charge on any atom is -0.496 e. The molecule has 27 heavy (non-hydrogen) atoms. The summed E-state index contributed by atoms with van der Waals surface area (Å²) in [6.07, 6.45) is 1.39. The molecule has 2 aliphatic heterocycles. The van der Waals surface area contributed by atoms with E-state index in [-0.39, 0.29) is 18.1 Å². The van der Waals surface area contributed by atoms with Gasteiger partial charge in [0, 0.05) is 11.6 Å². The number of anilines is 1. The molecule has 8 nitrogen and oxygen atoms in total. The number of hydrogen-bond donors (Lipinski definition) is 1. The first-order valence-corrected chi connectivity index (χ1v) is 8.02. The maximum atomic E-state index is 12.9. The maximum absolute atomic E-state index is 12.9. The highest BCUT2D eigenvalue weighted by Gasteiger charge is 2.37. The molecule has 1 N–H and O–H groups in total. The minimum atomic E-state index is -0.832. The molecule has 2 aromatic carbocycles. The van der Waals surface area contributed by atoms with E-state index in [1.165, 1.54) is 19.3 Å². The van der Waals surface area contributed by atoms with Crippen molar-refractivity contribution in [1.29, 1.82) is 0 Å². The number of carbonyl (C=O) groups excluding carboxylic acids is 3. The quantitative estimate of drug-likeness (QED) is 0.660. The fourth-order valence-electron chi connectivity index (χ4n) is 2.86. The van der Waals surface area contributed by atoms with Gasteiger partial charge in [-0.05, 0) is 24.3 Å². The van der Waals surface area contributed by atoms with Crippen molar-refractivity contribution >= 4 is 29.6 Å². The molecule has 2 aliphatic rings. The summed E-state index contributed by atoms with van der Waals surface area (Å²) in [5.74, 6) is -0.0803. The van der Waals surface area contributed by atoms with Crippen LogP contribution in [0.4, 0.5) is 10.5 Å². The van der Waals surface area contributed by atoms with Crippen LogP contribution in [0.1, 0.15) is 5.56 Å². The molecule has 2 aromatic rings. The molecule has 4 amide bonds. The number of carbonyl (C=O) groups is 3. The van der Waals surface area contributed by atoms with Crippen LogP contribution in [0.5, 0.6) is 17.2 Å². The molecule has 0 atom stereocenters. The predicted molar refractivity (Wildman–Crippen MR) is 94.6 cm³/mol. The fourth-order valence-corrected chi connectivity index (χ4v) is 2.86. The lowest BCUT2D eigenvalue weighted by Crippen LogP contribution is -2.54. The molecule has 8 heteroatoms. The summed E-state index contributed by atoms with van der Waals surface area (Å²) in [5.41, 5.74) is 0.621. The summed E-state index contributed by atoms with van der Waals surface area (Å²) in [6.45, 7) is 0.0658. The van der Waals surface area contributed by atoms with Gasteiger partial charge in [0.1, 0.15) is 11.3 Å². The van der Waals surface area contributed by atoms with E-state index in [4.69, 9.17) is 14.2 Å².